The van der Waals surface area contributed by atoms with Crippen molar-refractivity contribution in [3.63, 3.8) is 0 Å². The van der Waals surface area contributed by atoms with E-state index in [9.17, 15) is 5.11 Å². The minimum atomic E-state index is -1.33. The van der Waals surface area contributed by atoms with Crippen molar-refractivity contribution in [1.82, 2.24) is 4.98 Å². The minimum Gasteiger partial charge on any atom is -0.376 e. The van der Waals surface area contributed by atoms with E-state index in [1.165, 1.54) is 0 Å². The second-order valence-corrected chi connectivity index (χ2v) is 6.74. The van der Waals surface area contributed by atoms with Crippen LogP contribution in [0.3, 0.4) is 0 Å². The lowest BCUT2D eigenvalue weighted by atomic mass is 9.77. The predicted molar refractivity (Wildman–Crippen MR) is 110 cm³/mol. The second-order valence-electron chi connectivity index (χ2n) is 6.34. The van der Waals surface area contributed by atoms with Gasteiger partial charge in [-0.1, -0.05) is 84.4 Å². The topological polar surface area (TPSA) is 33.1 Å². The molecule has 27 heavy (non-hydrogen) atoms. The Balaban J connectivity index is 2.03. The van der Waals surface area contributed by atoms with Gasteiger partial charge in [-0.25, -0.2) is 0 Å². The summed E-state index contributed by atoms with van der Waals surface area (Å²) >= 11 is 6.48. The average molecular weight is 372 g/mol. The lowest BCUT2D eigenvalue weighted by molar-refractivity contribution is 0.126. The molecule has 4 aromatic rings. The minimum absolute atomic E-state index is 0.648. The summed E-state index contributed by atoms with van der Waals surface area (Å²) in [5.41, 5.74) is 2.76. The number of aromatic nitrogens is 1. The number of halogens is 1. The quantitative estimate of drug-likeness (QED) is 0.500. The Labute approximate surface area is 163 Å². The molecule has 3 aromatic carbocycles. The lowest BCUT2D eigenvalue weighted by Crippen LogP contribution is -2.29. The third kappa shape index (κ3) is 3.14. The lowest BCUT2D eigenvalue weighted by Gasteiger charge is -2.32. The van der Waals surface area contributed by atoms with Gasteiger partial charge in [-0.15, -0.1) is 0 Å². The summed E-state index contributed by atoms with van der Waals surface area (Å²) in [6.07, 6.45) is 3.39. The van der Waals surface area contributed by atoms with E-state index < -0.39 is 5.60 Å². The van der Waals surface area contributed by atoms with Gasteiger partial charge in [0.2, 0.25) is 0 Å². The summed E-state index contributed by atoms with van der Waals surface area (Å²) in [7, 11) is 0. The summed E-state index contributed by atoms with van der Waals surface area (Å²) < 4.78 is 0. The van der Waals surface area contributed by atoms with Gasteiger partial charge in [0.1, 0.15) is 5.60 Å². The van der Waals surface area contributed by atoms with Crippen molar-refractivity contribution in [2.75, 3.05) is 0 Å². The first-order valence-corrected chi connectivity index (χ1v) is 9.12. The molecule has 3 heteroatoms. The molecule has 132 valence electrons. The van der Waals surface area contributed by atoms with E-state index in [4.69, 9.17) is 11.6 Å². The van der Waals surface area contributed by atoms with Gasteiger partial charge in [-0.3, -0.25) is 4.98 Å². The van der Waals surface area contributed by atoms with Crippen LogP contribution >= 0.6 is 11.6 Å². The van der Waals surface area contributed by atoms with Gasteiger partial charge in [-0.05, 0) is 34.9 Å². The molecular formula is C24H18ClNO. The van der Waals surface area contributed by atoms with Crippen molar-refractivity contribution in [1.29, 1.82) is 0 Å². The van der Waals surface area contributed by atoms with Crippen LogP contribution in [0.5, 0.6) is 0 Å². The van der Waals surface area contributed by atoms with Crippen molar-refractivity contribution in [3.05, 3.63) is 125 Å². The third-order valence-corrected chi connectivity index (χ3v) is 5.10. The van der Waals surface area contributed by atoms with Crippen molar-refractivity contribution in [2.45, 2.75) is 5.60 Å². The van der Waals surface area contributed by atoms with Gasteiger partial charge < -0.3 is 5.11 Å². The van der Waals surface area contributed by atoms with E-state index in [0.717, 1.165) is 27.8 Å². The Hall–Kier alpha value is -2.94. The number of hydrogen-bond donors (Lipinski definition) is 1. The Kier molecular flexibility index (Phi) is 4.76. The van der Waals surface area contributed by atoms with Gasteiger partial charge in [0.25, 0.3) is 0 Å². The fourth-order valence-electron chi connectivity index (χ4n) is 3.46. The highest BCUT2D eigenvalue weighted by molar-refractivity contribution is 6.33. The summed E-state index contributed by atoms with van der Waals surface area (Å²) in [4.78, 5) is 4.11. The SMILES string of the molecule is OC(c1ccccc1)(c1ccncc1)c1ccccc1-c1ccccc1Cl. The van der Waals surface area contributed by atoms with Gasteiger partial charge in [0.05, 0.1) is 0 Å². The molecule has 1 unspecified atom stereocenters. The maximum Gasteiger partial charge on any atom is 0.141 e. The highest BCUT2D eigenvalue weighted by Gasteiger charge is 2.36. The number of hydrogen-bond acceptors (Lipinski definition) is 2. The maximum atomic E-state index is 12.1. The number of nitrogens with zero attached hydrogens (tertiary/aromatic N) is 1. The highest BCUT2D eigenvalue weighted by Crippen LogP contribution is 2.42. The molecule has 1 aromatic heterocycles. The standard InChI is InChI=1S/C24H18ClNO/c25-23-13-7-5-11-21(23)20-10-4-6-12-22(20)24(27,18-8-2-1-3-9-18)19-14-16-26-17-15-19/h1-17,27H. The van der Waals surface area contributed by atoms with E-state index in [0.29, 0.717) is 5.02 Å². The van der Waals surface area contributed by atoms with Crippen molar-refractivity contribution < 1.29 is 5.11 Å². The molecule has 0 spiro atoms. The predicted octanol–water partition coefficient (Wildman–Crippen LogP) is 5.69. The molecule has 4 rings (SSSR count). The summed E-state index contributed by atoms with van der Waals surface area (Å²) in [5, 5.41) is 12.7. The second kappa shape index (κ2) is 7.36. The first kappa shape index (κ1) is 17.5. The van der Waals surface area contributed by atoms with Crippen LogP contribution in [0.4, 0.5) is 0 Å². The van der Waals surface area contributed by atoms with Gasteiger partial charge in [-0.2, -0.15) is 0 Å². The zero-order chi connectivity index (χ0) is 18.7. The third-order valence-electron chi connectivity index (χ3n) is 4.77. The molecule has 0 bridgehead atoms. The van der Waals surface area contributed by atoms with E-state index >= 15 is 0 Å². The first-order valence-electron chi connectivity index (χ1n) is 8.74. The van der Waals surface area contributed by atoms with Gasteiger partial charge >= 0.3 is 0 Å². The van der Waals surface area contributed by atoms with Crippen LogP contribution in [0, 0.1) is 0 Å². The Morgan fingerprint density at radius 2 is 1.19 bits per heavy atom. The zero-order valence-corrected chi connectivity index (χ0v) is 15.3. The van der Waals surface area contributed by atoms with Crippen LogP contribution in [0.1, 0.15) is 16.7 Å². The van der Waals surface area contributed by atoms with Gasteiger partial charge in [0.15, 0.2) is 0 Å². The van der Waals surface area contributed by atoms with Crippen molar-refractivity contribution in [3.8, 4) is 11.1 Å². The number of pyridine rings is 1. The summed E-state index contributed by atoms with van der Waals surface area (Å²) in [6.45, 7) is 0. The molecule has 0 aliphatic carbocycles. The zero-order valence-electron chi connectivity index (χ0n) is 14.6. The molecule has 0 saturated carbocycles. The molecule has 1 heterocycles. The molecule has 2 nitrogen and oxygen atoms in total. The van der Waals surface area contributed by atoms with E-state index in [1.54, 1.807) is 12.4 Å². The summed E-state index contributed by atoms with van der Waals surface area (Å²) in [6, 6.07) is 28.9. The first-order chi connectivity index (χ1) is 13.2. The Bertz CT molecular complexity index is 1010. The highest BCUT2D eigenvalue weighted by atomic mass is 35.5. The van der Waals surface area contributed by atoms with Crippen LogP contribution < -0.4 is 0 Å². The van der Waals surface area contributed by atoms with E-state index in [1.807, 2.05) is 91.0 Å². The smallest absolute Gasteiger partial charge is 0.141 e. The van der Waals surface area contributed by atoms with Crippen molar-refractivity contribution in [2.24, 2.45) is 0 Å². The molecule has 0 amide bonds. The molecule has 0 radical (unpaired) electrons. The number of benzene rings is 3. The monoisotopic (exact) mass is 371 g/mol. The van der Waals surface area contributed by atoms with Crippen LogP contribution in [0.15, 0.2) is 103 Å². The molecular weight excluding hydrogens is 354 g/mol. The molecule has 1 atom stereocenters. The molecule has 1 N–H and O–H groups in total. The Morgan fingerprint density at radius 1 is 0.630 bits per heavy atom. The number of rotatable bonds is 4. The van der Waals surface area contributed by atoms with Gasteiger partial charge in [0, 0.05) is 28.5 Å². The molecule has 0 saturated heterocycles. The molecule has 0 aliphatic heterocycles. The van der Waals surface area contributed by atoms with E-state index in [-0.39, 0.29) is 0 Å². The molecule has 0 fully saturated rings. The summed E-state index contributed by atoms with van der Waals surface area (Å²) in [5.74, 6) is 0. The van der Waals surface area contributed by atoms with E-state index in [2.05, 4.69) is 4.98 Å². The van der Waals surface area contributed by atoms with Crippen molar-refractivity contribution >= 4 is 11.6 Å². The van der Waals surface area contributed by atoms with Crippen LogP contribution in [-0.4, -0.2) is 10.1 Å². The largest absolute Gasteiger partial charge is 0.376 e. The Morgan fingerprint density at radius 3 is 1.89 bits per heavy atom. The normalized spacial score (nSPS) is 13.1. The fraction of sp³-hybridized carbons (Fsp3) is 0.0417. The van der Waals surface area contributed by atoms with Crippen LogP contribution in [0.25, 0.3) is 11.1 Å². The van der Waals surface area contributed by atoms with Crippen LogP contribution in [-0.2, 0) is 5.60 Å². The average Bonchev–Trinajstić information content (AvgIpc) is 2.75. The fourth-order valence-corrected chi connectivity index (χ4v) is 3.70. The number of aliphatic hydroxyl groups is 1. The maximum absolute atomic E-state index is 12.1. The molecule has 0 aliphatic rings. The van der Waals surface area contributed by atoms with Crippen LogP contribution in [0.2, 0.25) is 5.02 Å².